The van der Waals surface area contributed by atoms with Gasteiger partial charge in [-0.05, 0) is 66.8 Å². The van der Waals surface area contributed by atoms with Gasteiger partial charge in [0.15, 0.2) is 0 Å². The fourth-order valence-corrected chi connectivity index (χ4v) is 6.58. The summed E-state index contributed by atoms with van der Waals surface area (Å²) >= 11 is 0. The van der Waals surface area contributed by atoms with Gasteiger partial charge < -0.3 is 30.7 Å². The SMILES string of the molecule is COc1cccc(CNC[C@@H](O)[C@H](Cc2ccccc2)NC(=O)[C@H](CCc2ccccc2)N2CC[C@@](CC(C)C)(NC(C)=O)C2=O)c1. The maximum atomic E-state index is 14.3. The van der Waals surface area contributed by atoms with Gasteiger partial charge in [-0.2, -0.15) is 0 Å². The number of aliphatic hydroxyl groups is 1. The Labute approximate surface area is 279 Å². The number of nitrogens with zero attached hydrogens (tertiary/aromatic N) is 1. The minimum atomic E-state index is -1.04. The number of hydrogen-bond acceptors (Lipinski definition) is 6. The van der Waals surface area contributed by atoms with Crippen LogP contribution in [0.1, 0.15) is 56.7 Å². The molecule has 3 aromatic rings. The predicted octanol–water partition coefficient (Wildman–Crippen LogP) is 4.03. The molecule has 3 aromatic carbocycles. The van der Waals surface area contributed by atoms with Crippen LogP contribution in [0.5, 0.6) is 5.75 Å². The van der Waals surface area contributed by atoms with E-state index in [1.54, 1.807) is 12.0 Å². The molecule has 9 heteroatoms. The van der Waals surface area contributed by atoms with Crippen LogP contribution in [0.25, 0.3) is 0 Å². The first-order valence-corrected chi connectivity index (χ1v) is 16.6. The summed E-state index contributed by atoms with van der Waals surface area (Å²) in [5.41, 5.74) is 2.01. The zero-order chi connectivity index (χ0) is 33.8. The molecule has 0 spiro atoms. The van der Waals surface area contributed by atoms with Crippen molar-refractivity contribution in [1.82, 2.24) is 20.9 Å². The van der Waals surface area contributed by atoms with E-state index in [0.717, 1.165) is 22.4 Å². The number of nitrogens with one attached hydrogen (secondary N) is 3. The second-order valence-corrected chi connectivity index (χ2v) is 13.0. The molecule has 0 aromatic heterocycles. The average Bonchev–Trinajstić information content (AvgIpc) is 3.35. The van der Waals surface area contributed by atoms with Crippen molar-refractivity contribution < 1.29 is 24.2 Å². The number of ether oxygens (including phenoxy) is 1. The van der Waals surface area contributed by atoms with Gasteiger partial charge in [-0.3, -0.25) is 14.4 Å². The first-order chi connectivity index (χ1) is 22.6. The number of benzene rings is 3. The zero-order valence-electron chi connectivity index (χ0n) is 28.1. The minimum Gasteiger partial charge on any atom is -0.497 e. The smallest absolute Gasteiger partial charge is 0.249 e. The summed E-state index contributed by atoms with van der Waals surface area (Å²) in [6.07, 6.45) is 1.42. The molecule has 1 aliphatic heterocycles. The molecule has 1 fully saturated rings. The number of hydrogen-bond donors (Lipinski definition) is 4. The van der Waals surface area contributed by atoms with Crippen molar-refractivity contribution in [3.05, 3.63) is 102 Å². The molecule has 4 rings (SSSR count). The van der Waals surface area contributed by atoms with E-state index in [1.165, 1.54) is 6.92 Å². The van der Waals surface area contributed by atoms with Crippen LogP contribution in [0, 0.1) is 5.92 Å². The van der Waals surface area contributed by atoms with Crippen molar-refractivity contribution in [3.8, 4) is 5.75 Å². The largest absolute Gasteiger partial charge is 0.497 e. The molecular formula is C38H50N4O5. The summed E-state index contributed by atoms with van der Waals surface area (Å²) < 4.78 is 5.33. The molecule has 4 atom stereocenters. The molecular weight excluding hydrogens is 592 g/mol. The number of amides is 3. The van der Waals surface area contributed by atoms with E-state index in [4.69, 9.17) is 4.74 Å². The Morgan fingerprint density at radius 3 is 2.26 bits per heavy atom. The number of methoxy groups -OCH3 is 1. The number of rotatable bonds is 17. The number of carbonyl (C=O) groups is 3. The van der Waals surface area contributed by atoms with E-state index in [0.29, 0.717) is 45.2 Å². The molecule has 1 aliphatic rings. The van der Waals surface area contributed by atoms with Gasteiger partial charge in [0.25, 0.3) is 0 Å². The molecule has 0 unspecified atom stereocenters. The highest BCUT2D eigenvalue weighted by atomic mass is 16.5. The lowest BCUT2D eigenvalue weighted by molar-refractivity contribution is -0.143. The van der Waals surface area contributed by atoms with Crippen molar-refractivity contribution >= 4 is 17.7 Å². The van der Waals surface area contributed by atoms with Crippen molar-refractivity contribution in [2.45, 2.75) is 83.1 Å². The van der Waals surface area contributed by atoms with Crippen LogP contribution in [-0.2, 0) is 33.8 Å². The fourth-order valence-electron chi connectivity index (χ4n) is 6.58. The van der Waals surface area contributed by atoms with Gasteiger partial charge in [-0.1, -0.05) is 86.6 Å². The summed E-state index contributed by atoms with van der Waals surface area (Å²) in [6, 6.07) is 26.0. The molecule has 4 N–H and O–H groups in total. The summed E-state index contributed by atoms with van der Waals surface area (Å²) in [5, 5.41) is 20.9. The van der Waals surface area contributed by atoms with Crippen LogP contribution >= 0.6 is 0 Å². The molecule has 47 heavy (non-hydrogen) atoms. The van der Waals surface area contributed by atoms with Crippen LogP contribution in [0.3, 0.4) is 0 Å². The number of likely N-dealkylation sites (tertiary alicyclic amines) is 1. The first-order valence-electron chi connectivity index (χ1n) is 16.6. The van der Waals surface area contributed by atoms with Crippen LogP contribution in [-0.4, -0.2) is 71.7 Å². The quantitative estimate of drug-likeness (QED) is 0.177. The van der Waals surface area contributed by atoms with Gasteiger partial charge in [0.05, 0.1) is 19.3 Å². The van der Waals surface area contributed by atoms with E-state index < -0.39 is 23.7 Å². The van der Waals surface area contributed by atoms with E-state index in [-0.39, 0.29) is 30.2 Å². The maximum Gasteiger partial charge on any atom is 0.249 e. The number of aliphatic hydroxyl groups excluding tert-OH is 1. The molecule has 0 saturated carbocycles. The molecule has 0 radical (unpaired) electrons. The predicted molar refractivity (Wildman–Crippen MR) is 184 cm³/mol. The third-order valence-corrected chi connectivity index (χ3v) is 8.76. The number of carbonyl (C=O) groups excluding carboxylic acids is 3. The van der Waals surface area contributed by atoms with Gasteiger partial charge in [-0.25, -0.2) is 0 Å². The third-order valence-electron chi connectivity index (χ3n) is 8.76. The van der Waals surface area contributed by atoms with Crippen LogP contribution in [0.4, 0.5) is 0 Å². The summed E-state index contributed by atoms with van der Waals surface area (Å²) in [4.78, 5) is 42.3. The van der Waals surface area contributed by atoms with Crippen LogP contribution in [0.2, 0.25) is 0 Å². The standard InChI is InChI=1S/C38H50N4O5/c1-27(2)24-38(41-28(3)43)20-21-42(37(38)46)34(19-18-29-12-7-5-8-13-29)36(45)40-33(23-30-14-9-6-10-15-30)35(44)26-39-25-31-16-11-17-32(22-31)47-4/h5-17,22,27,33-35,39,44H,18-21,23-26H2,1-4H3,(H,40,45)(H,41,43)/t33-,34-,35+,38-/m0/s1. The Hall–Kier alpha value is -4.21. The summed E-state index contributed by atoms with van der Waals surface area (Å²) in [5.74, 6) is 0.115. The second kappa shape index (κ2) is 17.1. The van der Waals surface area contributed by atoms with Crippen LogP contribution in [0.15, 0.2) is 84.9 Å². The lowest BCUT2D eigenvalue weighted by Crippen LogP contribution is -2.59. The van der Waals surface area contributed by atoms with Crippen molar-refractivity contribution in [2.24, 2.45) is 5.92 Å². The van der Waals surface area contributed by atoms with E-state index in [1.807, 2.05) is 98.8 Å². The Bertz CT molecular complexity index is 1450. The topological polar surface area (TPSA) is 120 Å². The average molecular weight is 643 g/mol. The van der Waals surface area contributed by atoms with Gasteiger partial charge in [-0.15, -0.1) is 0 Å². The molecule has 0 bridgehead atoms. The van der Waals surface area contributed by atoms with E-state index >= 15 is 0 Å². The Morgan fingerprint density at radius 2 is 1.62 bits per heavy atom. The van der Waals surface area contributed by atoms with Crippen molar-refractivity contribution in [2.75, 3.05) is 20.2 Å². The van der Waals surface area contributed by atoms with Crippen molar-refractivity contribution in [3.63, 3.8) is 0 Å². The number of aryl methyl sites for hydroxylation is 1. The van der Waals surface area contributed by atoms with Gasteiger partial charge >= 0.3 is 0 Å². The molecule has 3 amide bonds. The van der Waals surface area contributed by atoms with Crippen LogP contribution < -0.4 is 20.7 Å². The Kier molecular flexibility index (Phi) is 13.0. The molecule has 1 saturated heterocycles. The first kappa shape index (κ1) is 35.6. The summed E-state index contributed by atoms with van der Waals surface area (Å²) in [6.45, 7) is 6.59. The van der Waals surface area contributed by atoms with E-state index in [9.17, 15) is 19.5 Å². The van der Waals surface area contributed by atoms with Gasteiger partial charge in [0.2, 0.25) is 17.7 Å². The Balaban J connectivity index is 1.55. The van der Waals surface area contributed by atoms with Gasteiger partial charge in [0, 0.05) is 26.6 Å². The highest BCUT2D eigenvalue weighted by Gasteiger charge is 2.50. The summed E-state index contributed by atoms with van der Waals surface area (Å²) in [7, 11) is 1.63. The normalized spacial score (nSPS) is 18.1. The van der Waals surface area contributed by atoms with Gasteiger partial charge in [0.1, 0.15) is 17.3 Å². The molecule has 0 aliphatic carbocycles. The zero-order valence-corrected chi connectivity index (χ0v) is 28.1. The molecule has 252 valence electrons. The fraction of sp³-hybridized carbons (Fsp3) is 0.447. The van der Waals surface area contributed by atoms with E-state index in [2.05, 4.69) is 16.0 Å². The molecule has 9 nitrogen and oxygen atoms in total. The minimum absolute atomic E-state index is 0.164. The third kappa shape index (κ3) is 10.1. The highest BCUT2D eigenvalue weighted by Crippen LogP contribution is 2.32. The lowest BCUT2D eigenvalue weighted by Gasteiger charge is -2.34. The Morgan fingerprint density at radius 1 is 0.957 bits per heavy atom. The monoisotopic (exact) mass is 642 g/mol. The maximum absolute atomic E-state index is 14.3. The second-order valence-electron chi connectivity index (χ2n) is 13.0. The van der Waals surface area contributed by atoms with Crippen molar-refractivity contribution in [1.29, 1.82) is 0 Å². The lowest BCUT2D eigenvalue weighted by atomic mass is 9.87. The highest BCUT2D eigenvalue weighted by molar-refractivity contribution is 5.96. The molecule has 1 heterocycles.